The Morgan fingerprint density at radius 1 is 1.15 bits per heavy atom. The molecule has 0 spiro atoms. The summed E-state index contributed by atoms with van der Waals surface area (Å²) in [7, 11) is 0. The number of carbonyl (C=O) groups excluding carboxylic acids is 2. The Bertz CT molecular complexity index is 840. The molecule has 142 valence electrons. The Hall–Kier alpha value is -2.34. The number of halogens is 1. The van der Waals surface area contributed by atoms with E-state index in [4.69, 9.17) is 11.6 Å². The molecule has 1 saturated carbocycles. The third-order valence-corrected chi connectivity index (χ3v) is 5.58. The Labute approximate surface area is 163 Å². The number of benzene rings is 1. The maximum atomic E-state index is 12.8. The summed E-state index contributed by atoms with van der Waals surface area (Å²) in [6.45, 7) is 1.68. The summed E-state index contributed by atoms with van der Waals surface area (Å²) in [4.78, 5) is 27.1. The zero-order valence-electron chi connectivity index (χ0n) is 15.2. The molecule has 0 atom stereocenters. The van der Waals surface area contributed by atoms with E-state index >= 15 is 0 Å². The normalized spacial score (nSPS) is 17.7. The standard InChI is InChI=1S/C20H23ClN4O2/c21-15-8-6-14(7-9-15)13-24-10-11-25-18(20(24)27)12-17(23-25)19(26)22-16-4-2-1-3-5-16/h6-9,12,16H,1-5,10-11,13H2,(H,22,26). The molecule has 27 heavy (non-hydrogen) atoms. The van der Waals surface area contributed by atoms with Gasteiger partial charge >= 0.3 is 0 Å². The molecule has 2 heterocycles. The van der Waals surface area contributed by atoms with Gasteiger partial charge in [-0.3, -0.25) is 14.3 Å². The first-order chi connectivity index (χ1) is 13.1. The average Bonchev–Trinajstić information content (AvgIpc) is 3.12. The van der Waals surface area contributed by atoms with Crippen LogP contribution in [0.2, 0.25) is 5.02 Å². The molecule has 1 aromatic carbocycles. The second-order valence-corrected chi connectivity index (χ2v) is 7.74. The monoisotopic (exact) mass is 386 g/mol. The highest BCUT2D eigenvalue weighted by molar-refractivity contribution is 6.30. The Morgan fingerprint density at radius 3 is 2.63 bits per heavy atom. The molecule has 1 aromatic heterocycles. The second-order valence-electron chi connectivity index (χ2n) is 7.30. The van der Waals surface area contributed by atoms with E-state index in [-0.39, 0.29) is 17.9 Å². The summed E-state index contributed by atoms with van der Waals surface area (Å²) < 4.78 is 1.65. The number of nitrogens with zero attached hydrogens (tertiary/aromatic N) is 3. The lowest BCUT2D eigenvalue weighted by atomic mass is 9.95. The third-order valence-electron chi connectivity index (χ3n) is 5.33. The van der Waals surface area contributed by atoms with E-state index in [2.05, 4.69) is 10.4 Å². The van der Waals surface area contributed by atoms with E-state index in [0.717, 1.165) is 31.2 Å². The van der Waals surface area contributed by atoms with E-state index in [0.29, 0.717) is 36.0 Å². The number of rotatable bonds is 4. The van der Waals surface area contributed by atoms with Crippen LogP contribution in [0.15, 0.2) is 30.3 Å². The summed E-state index contributed by atoms with van der Waals surface area (Å²) >= 11 is 5.92. The van der Waals surface area contributed by atoms with Crippen molar-refractivity contribution in [1.82, 2.24) is 20.0 Å². The molecule has 2 aromatic rings. The molecule has 2 amide bonds. The SMILES string of the molecule is O=C(NC1CCCCC1)c1cc2n(n1)CCN(Cc1ccc(Cl)cc1)C2=O. The minimum atomic E-state index is -0.180. The average molecular weight is 387 g/mol. The van der Waals surface area contributed by atoms with E-state index in [1.165, 1.54) is 6.42 Å². The molecule has 1 aliphatic heterocycles. The Kier molecular flexibility index (Phi) is 5.16. The predicted molar refractivity (Wildman–Crippen MR) is 103 cm³/mol. The maximum absolute atomic E-state index is 12.8. The first-order valence-corrected chi connectivity index (χ1v) is 9.90. The molecule has 0 bridgehead atoms. The Balaban J connectivity index is 1.44. The van der Waals surface area contributed by atoms with E-state index < -0.39 is 0 Å². The Morgan fingerprint density at radius 2 is 1.89 bits per heavy atom. The summed E-state index contributed by atoms with van der Waals surface area (Å²) in [5, 5.41) is 8.10. The minimum Gasteiger partial charge on any atom is -0.348 e. The molecule has 7 heteroatoms. The fraction of sp³-hybridized carbons (Fsp3) is 0.450. The van der Waals surface area contributed by atoms with Crippen LogP contribution in [0, 0.1) is 0 Å². The molecule has 4 rings (SSSR count). The number of amides is 2. The lowest BCUT2D eigenvalue weighted by Gasteiger charge is -2.27. The lowest BCUT2D eigenvalue weighted by molar-refractivity contribution is 0.0683. The van der Waals surface area contributed by atoms with Crippen LogP contribution in [0.4, 0.5) is 0 Å². The van der Waals surface area contributed by atoms with Crippen LogP contribution < -0.4 is 5.32 Å². The van der Waals surface area contributed by atoms with Crippen LogP contribution in [0.1, 0.15) is 58.6 Å². The van der Waals surface area contributed by atoms with Gasteiger partial charge in [-0.2, -0.15) is 5.10 Å². The molecule has 1 N–H and O–H groups in total. The predicted octanol–water partition coefficient (Wildman–Crippen LogP) is 3.26. The van der Waals surface area contributed by atoms with Gasteiger partial charge in [0.05, 0.1) is 6.54 Å². The molecular formula is C20H23ClN4O2. The van der Waals surface area contributed by atoms with Crippen LogP contribution in [-0.4, -0.2) is 39.1 Å². The van der Waals surface area contributed by atoms with Gasteiger partial charge in [0.2, 0.25) is 0 Å². The highest BCUT2D eigenvalue weighted by Gasteiger charge is 2.28. The maximum Gasteiger partial charge on any atom is 0.272 e. The van der Waals surface area contributed by atoms with Crippen molar-refractivity contribution in [3.8, 4) is 0 Å². The van der Waals surface area contributed by atoms with Crippen LogP contribution in [0.3, 0.4) is 0 Å². The molecule has 0 saturated heterocycles. The van der Waals surface area contributed by atoms with Crippen molar-refractivity contribution in [2.24, 2.45) is 0 Å². The van der Waals surface area contributed by atoms with Crippen LogP contribution in [0.5, 0.6) is 0 Å². The third kappa shape index (κ3) is 4.00. The van der Waals surface area contributed by atoms with E-state index in [9.17, 15) is 9.59 Å². The van der Waals surface area contributed by atoms with Gasteiger partial charge in [0.15, 0.2) is 5.69 Å². The van der Waals surface area contributed by atoms with Gasteiger partial charge in [0.1, 0.15) is 5.69 Å². The summed E-state index contributed by atoms with van der Waals surface area (Å²) in [5.74, 6) is -0.277. The first kappa shape index (κ1) is 18.0. The molecule has 1 fully saturated rings. The number of hydrogen-bond acceptors (Lipinski definition) is 3. The van der Waals surface area contributed by atoms with Crippen molar-refractivity contribution in [3.63, 3.8) is 0 Å². The number of fused-ring (bicyclic) bond motifs is 1. The van der Waals surface area contributed by atoms with Crippen LogP contribution >= 0.6 is 11.6 Å². The summed E-state index contributed by atoms with van der Waals surface area (Å²) in [6, 6.07) is 9.33. The fourth-order valence-corrected chi connectivity index (χ4v) is 3.94. The van der Waals surface area contributed by atoms with Crippen LogP contribution in [-0.2, 0) is 13.1 Å². The highest BCUT2D eigenvalue weighted by atomic mass is 35.5. The van der Waals surface area contributed by atoms with Crippen molar-refractivity contribution in [2.75, 3.05) is 6.54 Å². The topological polar surface area (TPSA) is 67.2 Å². The van der Waals surface area contributed by atoms with Gasteiger partial charge in [0.25, 0.3) is 11.8 Å². The van der Waals surface area contributed by atoms with Gasteiger partial charge in [-0.1, -0.05) is 43.0 Å². The second kappa shape index (κ2) is 7.72. The smallest absolute Gasteiger partial charge is 0.272 e. The van der Waals surface area contributed by atoms with E-state index in [1.807, 2.05) is 24.3 Å². The number of carbonyl (C=O) groups is 2. The van der Waals surface area contributed by atoms with Gasteiger partial charge in [-0.05, 0) is 30.5 Å². The molecule has 6 nitrogen and oxygen atoms in total. The molecule has 2 aliphatic rings. The first-order valence-electron chi connectivity index (χ1n) is 9.52. The molecule has 0 radical (unpaired) electrons. The quantitative estimate of drug-likeness (QED) is 0.877. The van der Waals surface area contributed by atoms with E-state index in [1.54, 1.807) is 15.6 Å². The molecule has 0 unspecified atom stereocenters. The van der Waals surface area contributed by atoms with Crippen molar-refractivity contribution >= 4 is 23.4 Å². The largest absolute Gasteiger partial charge is 0.348 e. The summed E-state index contributed by atoms with van der Waals surface area (Å²) in [5.41, 5.74) is 1.83. The molecule has 1 aliphatic carbocycles. The zero-order chi connectivity index (χ0) is 18.8. The van der Waals surface area contributed by atoms with Crippen molar-refractivity contribution < 1.29 is 9.59 Å². The van der Waals surface area contributed by atoms with Gasteiger partial charge in [-0.15, -0.1) is 0 Å². The van der Waals surface area contributed by atoms with Crippen molar-refractivity contribution in [3.05, 3.63) is 52.3 Å². The fourth-order valence-electron chi connectivity index (χ4n) is 3.82. The van der Waals surface area contributed by atoms with Gasteiger partial charge in [0, 0.05) is 30.2 Å². The number of nitrogens with one attached hydrogen (secondary N) is 1. The van der Waals surface area contributed by atoms with Crippen LogP contribution in [0.25, 0.3) is 0 Å². The van der Waals surface area contributed by atoms with Gasteiger partial charge < -0.3 is 10.2 Å². The lowest BCUT2D eigenvalue weighted by Crippen LogP contribution is -2.39. The molecular weight excluding hydrogens is 364 g/mol. The van der Waals surface area contributed by atoms with Crippen molar-refractivity contribution in [2.45, 2.75) is 51.2 Å². The number of hydrogen-bond donors (Lipinski definition) is 1. The summed E-state index contributed by atoms with van der Waals surface area (Å²) in [6.07, 6.45) is 5.59. The number of aromatic nitrogens is 2. The van der Waals surface area contributed by atoms with Gasteiger partial charge in [-0.25, -0.2) is 0 Å². The minimum absolute atomic E-state index is 0.0968. The van der Waals surface area contributed by atoms with Crippen molar-refractivity contribution in [1.29, 1.82) is 0 Å². The highest BCUT2D eigenvalue weighted by Crippen LogP contribution is 2.20. The zero-order valence-corrected chi connectivity index (χ0v) is 15.9.